The van der Waals surface area contributed by atoms with Crippen LogP contribution in [0.2, 0.25) is 0 Å². The molecule has 0 radical (unpaired) electrons. The van der Waals surface area contributed by atoms with Gasteiger partial charge in [-0.1, -0.05) is 23.8 Å². The number of benzene rings is 2. The van der Waals surface area contributed by atoms with E-state index in [1.165, 1.54) is 19.1 Å². The summed E-state index contributed by atoms with van der Waals surface area (Å²) in [5.74, 6) is 0.877. The number of carbonyl (C=O) groups is 1. The second kappa shape index (κ2) is 7.35. The van der Waals surface area contributed by atoms with Gasteiger partial charge in [-0.15, -0.1) is 0 Å². The van der Waals surface area contributed by atoms with Gasteiger partial charge in [0.25, 0.3) is 0 Å². The molecule has 0 fully saturated rings. The minimum Gasteiger partial charge on any atom is -0.454 e. The summed E-state index contributed by atoms with van der Waals surface area (Å²) in [6, 6.07) is 10.9. The lowest BCUT2D eigenvalue weighted by molar-refractivity contribution is -0.122. The van der Waals surface area contributed by atoms with Gasteiger partial charge < -0.3 is 14.8 Å². The molecular formula is C18H20N2O5S. The Hall–Kier alpha value is -2.58. The van der Waals surface area contributed by atoms with E-state index in [1.807, 2.05) is 13.0 Å². The smallest absolute Gasteiger partial charge is 0.241 e. The molecule has 0 saturated carbocycles. The molecule has 7 nitrogen and oxygen atoms in total. The fraction of sp³-hybridized carbons (Fsp3) is 0.278. The van der Waals surface area contributed by atoms with Gasteiger partial charge in [-0.2, -0.15) is 4.72 Å². The molecule has 2 aromatic carbocycles. The molecule has 2 N–H and O–H groups in total. The molecule has 0 aromatic heterocycles. The van der Waals surface area contributed by atoms with Gasteiger partial charge in [0.2, 0.25) is 22.7 Å². The van der Waals surface area contributed by atoms with Crippen molar-refractivity contribution in [3.05, 3.63) is 53.6 Å². The normalized spacial score (nSPS) is 14.1. The molecule has 0 aliphatic carbocycles. The lowest BCUT2D eigenvalue weighted by atomic mass is 10.2. The molecule has 0 spiro atoms. The van der Waals surface area contributed by atoms with Gasteiger partial charge in [-0.3, -0.25) is 4.79 Å². The number of sulfonamides is 1. The molecule has 26 heavy (non-hydrogen) atoms. The zero-order valence-electron chi connectivity index (χ0n) is 14.5. The molecule has 1 heterocycles. The van der Waals surface area contributed by atoms with Gasteiger partial charge in [-0.25, -0.2) is 8.42 Å². The largest absolute Gasteiger partial charge is 0.454 e. The van der Waals surface area contributed by atoms with Crippen LogP contribution in [0, 0.1) is 6.92 Å². The summed E-state index contributed by atoms with van der Waals surface area (Å²) < 4.78 is 37.6. The quantitative estimate of drug-likeness (QED) is 0.800. The number of aryl methyl sites for hydroxylation is 1. The van der Waals surface area contributed by atoms with Crippen LogP contribution in [0.5, 0.6) is 11.5 Å². The van der Waals surface area contributed by atoms with Crippen molar-refractivity contribution in [3.8, 4) is 11.5 Å². The Morgan fingerprint density at radius 3 is 2.54 bits per heavy atom. The molecule has 1 atom stereocenters. The zero-order valence-corrected chi connectivity index (χ0v) is 15.3. The maximum absolute atomic E-state index is 12.3. The van der Waals surface area contributed by atoms with Crippen molar-refractivity contribution in [2.75, 3.05) is 6.79 Å². The van der Waals surface area contributed by atoms with E-state index in [1.54, 1.807) is 24.3 Å². The Morgan fingerprint density at radius 2 is 1.81 bits per heavy atom. The second-order valence-electron chi connectivity index (χ2n) is 6.06. The Balaban J connectivity index is 1.58. The Morgan fingerprint density at radius 1 is 1.12 bits per heavy atom. The van der Waals surface area contributed by atoms with Crippen molar-refractivity contribution in [2.24, 2.45) is 0 Å². The number of fused-ring (bicyclic) bond motifs is 1. The van der Waals surface area contributed by atoms with Crippen molar-refractivity contribution in [3.63, 3.8) is 0 Å². The Kier molecular flexibility index (Phi) is 5.15. The number of ether oxygens (including phenoxy) is 2. The van der Waals surface area contributed by atoms with Crippen molar-refractivity contribution in [1.29, 1.82) is 0 Å². The first-order chi connectivity index (χ1) is 12.3. The maximum atomic E-state index is 12.3. The number of hydrogen-bond donors (Lipinski definition) is 2. The molecule has 138 valence electrons. The molecule has 0 unspecified atom stereocenters. The molecule has 1 aliphatic rings. The summed E-state index contributed by atoms with van der Waals surface area (Å²) in [6.45, 7) is 3.81. The average molecular weight is 376 g/mol. The summed E-state index contributed by atoms with van der Waals surface area (Å²) in [6.07, 6.45) is 0. The highest BCUT2D eigenvalue weighted by atomic mass is 32.2. The first-order valence-electron chi connectivity index (χ1n) is 8.10. The van der Waals surface area contributed by atoms with Gasteiger partial charge in [0.05, 0.1) is 10.9 Å². The van der Waals surface area contributed by atoms with Gasteiger partial charge in [0.1, 0.15) is 0 Å². The highest BCUT2D eigenvalue weighted by Gasteiger charge is 2.22. The van der Waals surface area contributed by atoms with Crippen LogP contribution in [0.25, 0.3) is 0 Å². The summed E-state index contributed by atoms with van der Waals surface area (Å²) in [4.78, 5) is 12.3. The van der Waals surface area contributed by atoms with Crippen LogP contribution in [0.15, 0.2) is 47.4 Å². The third-order valence-electron chi connectivity index (χ3n) is 3.96. The van der Waals surface area contributed by atoms with Crippen LogP contribution in [-0.2, 0) is 21.4 Å². The zero-order chi connectivity index (χ0) is 18.7. The fourth-order valence-electron chi connectivity index (χ4n) is 2.46. The summed E-state index contributed by atoms with van der Waals surface area (Å²) in [5, 5.41) is 2.71. The summed E-state index contributed by atoms with van der Waals surface area (Å²) in [7, 11) is -3.76. The van der Waals surface area contributed by atoms with Crippen LogP contribution in [0.3, 0.4) is 0 Å². The maximum Gasteiger partial charge on any atom is 0.241 e. The number of rotatable bonds is 6. The minimum absolute atomic E-state index is 0.124. The van der Waals surface area contributed by atoms with Crippen molar-refractivity contribution >= 4 is 15.9 Å². The summed E-state index contributed by atoms with van der Waals surface area (Å²) >= 11 is 0. The van der Waals surface area contributed by atoms with Gasteiger partial charge in [0, 0.05) is 6.54 Å². The Bertz CT molecular complexity index is 910. The molecule has 8 heteroatoms. The van der Waals surface area contributed by atoms with Crippen LogP contribution in [-0.4, -0.2) is 27.2 Å². The topological polar surface area (TPSA) is 93.7 Å². The molecule has 0 saturated heterocycles. The van der Waals surface area contributed by atoms with Gasteiger partial charge in [0.15, 0.2) is 11.5 Å². The van der Waals surface area contributed by atoms with Crippen molar-refractivity contribution < 1.29 is 22.7 Å². The van der Waals surface area contributed by atoms with E-state index in [9.17, 15) is 13.2 Å². The van der Waals surface area contributed by atoms with Crippen LogP contribution in [0.1, 0.15) is 18.1 Å². The van der Waals surface area contributed by atoms with E-state index in [-0.39, 0.29) is 18.2 Å². The Labute approximate surface area is 152 Å². The standard InChI is InChI=1S/C18H20N2O5S/c1-12-3-6-15(7-4-12)26(22,23)20-13(2)18(21)19-10-14-5-8-16-17(9-14)25-11-24-16/h3-9,13,20H,10-11H2,1-2H3,(H,19,21)/t13-/m1/s1. The minimum atomic E-state index is -3.76. The van der Waals surface area contributed by atoms with E-state index in [0.717, 1.165) is 11.1 Å². The van der Waals surface area contributed by atoms with E-state index < -0.39 is 22.0 Å². The predicted octanol–water partition coefficient (Wildman–Crippen LogP) is 1.71. The fourth-order valence-corrected chi connectivity index (χ4v) is 3.67. The molecular weight excluding hydrogens is 356 g/mol. The van der Waals surface area contributed by atoms with Crippen LogP contribution in [0.4, 0.5) is 0 Å². The first kappa shape index (κ1) is 18.2. The third kappa shape index (κ3) is 4.14. The van der Waals surface area contributed by atoms with E-state index in [0.29, 0.717) is 11.5 Å². The molecule has 3 rings (SSSR count). The van der Waals surface area contributed by atoms with Crippen LogP contribution < -0.4 is 19.5 Å². The monoisotopic (exact) mass is 376 g/mol. The first-order valence-corrected chi connectivity index (χ1v) is 9.59. The van der Waals surface area contributed by atoms with Crippen molar-refractivity contribution in [1.82, 2.24) is 10.0 Å². The predicted molar refractivity (Wildman–Crippen MR) is 95.4 cm³/mol. The van der Waals surface area contributed by atoms with Gasteiger partial charge >= 0.3 is 0 Å². The lowest BCUT2D eigenvalue weighted by Gasteiger charge is -2.15. The number of hydrogen-bond acceptors (Lipinski definition) is 5. The molecule has 1 amide bonds. The van der Waals surface area contributed by atoms with E-state index >= 15 is 0 Å². The highest BCUT2D eigenvalue weighted by Crippen LogP contribution is 2.32. The molecule has 2 aromatic rings. The van der Waals surface area contributed by atoms with E-state index in [2.05, 4.69) is 10.0 Å². The third-order valence-corrected chi connectivity index (χ3v) is 5.52. The van der Waals surface area contributed by atoms with Crippen molar-refractivity contribution in [2.45, 2.75) is 31.3 Å². The number of amides is 1. The summed E-state index contributed by atoms with van der Waals surface area (Å²) in [5.41, 5.74) is 1.79. The molecule has 0 bridgehead atoms. The van der Waals surface area contributed by atoms with E-state index in [4.69, 9.17) is 9.47 Å². The number of nitrogens with one attached hydrogen (secondary N) is 2. The second-order valence-corrected chi connectivity index (χ2v) is 7.78. The lowest BCUT2D eigenvalue weighted by Crippen LogP contribution is -2.44. The SMILES string of the molecule is Cc1ccc(S(=O)(=O)N[C@H](C)C(=O)NCc2ccc3c(c2)OCO3)cc1. The number of carbonyl (C=O) groups excluding carboxylic acids is 1. The average Bonchev–Trinajstić information content (AvgIpc) is 3.07. The molecule has 1 aliphatic heterocycles. The van der Waals surface area contributed by atoms with Crippen LogP contribution >= 0.6 is 0 Å². The highest BCUT2D eigenvalue weighted by molar-refractivity contribution is 7.89. The van der Waals surface area contributed by atoms with Gasteiger partial charge in [-0.05, 0) is 43.7 Å².